The Balaban J connectivity index is 1.61. The zero-order chi connectivity index (χ0) is 15.7. The van der Waals surface area contributed by atoms with Crippen LogP contribution in [0.5, 0.6) is 0 Å². The van der Waals surface area contributed by atoms with Crippen molar-refractivity contribution in [3.05, 3.63) is 29.3 Å². The van der Waals surface area contributed by atoms with Gasteiger partial charge in [0.05, 0.1) is 32.6 Å². The summed E-state index contributed by atoms with van der Waals surface area (Å²) in [7, 11) is 0. The highest BCUT2D eigenvalue weighted by Crippen LogP contribution is 2.18. The fourth-order valence-electron chi connectivity index (χ4n) is 3.39. The van der Waals surface area contributed by atoms with Crippen LogP contribution < -0.4 is 9.80 Å². The van der Waals surface area contributed by atoms with Crippen LogP contribution in [-0.4, -0.2) is 55.5 Å². The van der Waals surface area contributed by atoms with E-state index < -0.39 is 0 Å². The Kier molecular flexibility index (Phi) is 4.36. The third kappa shape index (κ3) is 2.83. The number of hydrogen-bond donors (Lipinski definition) is 1. The van der Waals surface area contributed by atoms with Crippen molar-refractivity contribution in [1.29, 1.82) is 0 Å². The first-order chi connectivity index (χ1) is 10.6. The summed E-state index contributed by atoms with van der Waals surface area (Å²) >= 11 is 5.92. The van der Waals surface area contributed by atoms with Gasteiger partial charge in [0.1, 0.15) is 0 Å². The summed E-state index contributed by atoms with van der Waals surface area (Å²) in [5.74, 6) is -0.0208. The quantitative estimate of drug-likeness (QED) is 0.808. The van der Waals surface area contributed by atoms with E-state index in [2.05, 4.69) is 4.90 Å². The molecule has 0 bridgehead atoms. The maximum absolute atomic E-state index is 12.3. The van der Waals surface area contributed by atoms with Crippen LogP contribution in [-0.2, 0) is 9.59 Å². The lowest BCUT2D eigenvalue weighted by Gasteiger charge is -2.35. The zero-order valence-corrected chi connectivity index (χ0v) is 13.5. The topological polar surface area (TPSA) is 45.1 Å². The Morgan fingerprint density at radius 1 is 1.18 bits per heavy atom. The highest BCUT2D eigenvalue weighted by molar-refractivity contribution is 6.30. The van der Waals surface area contributed by atoms with Crippen molar-refractivity contribution < 1.29 is 14.5 Å². The fourth-order valence-corrected chi connectivity index (χ4v) is 3.51. The van der Waals surface area contributed by atoms with E-state index in [9.17, 15) is 9.59 Å². The zero-order valence-electron chi connectivity index (χ0n) is 12.7. The first-order valence-corrected chi connectivity index (χ1v) is 8.17. The number of benzene rings is 1. The van der Waals surface area contributed by atoms with E-state index in [1.807, 2.05) is 31.2 Å². The molecule has 22 heavy (non-hydrogen) atoms. The fraction of sp³-hybridized carbons (Fsp3) is 0.500. The van der Waals surface area contributed by atoms with Crippen LogP contribution in [0.1, 0.15) is 13.3 Å². The lowest BCUT2D eigenvalue weighted by molar-refractivity contribution is -0.915. The van der Waals surface area contributed by atoms with Gasteiger partial charge in [0, 0.05) is 17.3 Å². The summed E-state index contributed by atoms with van der Waals surface area (Å²) < 4.78 is 0. The summed E-state index contributed by atoms with van der Waals surface area (Å²) in [5.41, 5.74) is 1.16. The van der Waals surface area contributed by atoms with Crippen LogP contribution in [0, 0.1) is 0 Å². The predicted octanol–water partition coefficient (Wildman–Crippen LogP) is 0.192. The molecule has 1 atom stereocenters. The molecule has 0 spiro atoms. The van der Waals surface area contributed by atoms with Gasteiger partial charge in [-0.05, 0) is 31.2 Å². The van der Waals surface area contributed by atoms with Crippen molar-refractivity contribution in [1.82, 2.24) is 4.90 Å². The molecule has 3 rings (SSSR count). The molecule has 2 aliphatic rings. The molecule has 6 heteroatoms. The molecule has 118 valence electrons. The molecule has 2 heterocycles. The van der Waals surface area contributed by atoms with Gasteiger partial charge in [-0.15, -0.1) is 0 Å². The number of halogens is 1. The van der Waals surface area contributed by atoms with E-state index in [0.717, 1.165) is 36.9 Å². The second-order valence-corrected chi connectivity index (χ2v) is 6.29. The van der Waals surface area contributed by atoms with Gasteiger partial charge in [0.25, 0.3) is 5.91 Å². The van der Waals surface area contributed by atoms with Crippen LogP contribution in [0.15, 0.2) is 24.3 Å². The SMILES string of the molecule is CCN1C(=O)C[C@@H]([NH+]2CCN(c3ccc(Cl)cc3)CC2)C1=O. The van der Waals surface area contributed by atoms with Crippen molar-refractivity contribution >= 4 is 29.1 Å². The normalized spacial score (nSPS) is 23.5. The lowest BCUT2D eigenvalue weighted by Crippen LogP contribution is -3.19. The summed E-state index contributed by atoms with van der Waals surface area (Å²) in [6.45, 7) is 5.88. The number of likely N-dealkylation sites (N-methyl/N-ethyl adjacent to an activating group) is 1. The second-order valence-electron chi connectivity index (χ2n) is 5.85. The van der Waals surface area contributed by atoms with E-state index in [-0.39, 0.29) is 17.9 Å². The summed E-state index contributed by atoms with van der Waals surface area (Å²) in [5, 5.41) is 0.739. The molecule has 2 aliphatic heterocycles. The molecule has 2 amide bonds. The molecule has 1 aromatic carbocycles. The number of carbonyl (C=O) groups is 2. The number of carbonyl (C=O) groups excluding carboxylic acids is 2. The largest absolute Gasteiger partial charge is 0.360 e. The minimum absolute atomic E-state index is 0.00226. The van der Waals surface area contributed by atoms with Crippen LogP contribution in [0.25, 0.3) is 0 Å². The Hall–Kier alpha value is -1.59. The molecular formula is C16H21ClN3O2+. The number of nitrogens with zero attached hydrogens (tertiary/aromatic N) is 2. The maximum Gasteiger partial charge on any atom is 0.288 e. The summed E-state index contributed by atoms with van der Waals surface area (Å²) in [6, 6.07) is 7.66. The third-order valence-electron chi connectivity index (χ3n) is 4.65. The molecule has 1 aromatic rings. The smallest absolute Gasteiger partial charge is 0.288 e. The molecule has 2 fully saturated rings. The van der Waals surface area contributed by atoms with Gasteiger partial charge >= 0.3 is 0 Å². The Morgan fingerprint density at radius 3 is 2.36 bits per heavy atom. The van der Waals surface area contributed by atoms with E-state index in [4.69, 9.17) is 11.6 Å². The Labute approximate surface area is 135 Å². The molecule has 0 saturated carbocycles. The van der Waals surface area contributed by atoms with Crippen molar-refractivity contribution in [2.45, 2.75) is 19.4 Å². The highest BCUT2D eigenvalue weighted by atomic mass is 35.5. The van der Waals surface area contributed by atoms with Crippen molar-refractivity contribution in [3.8, 4) is 0 Å². The summed E-state index contributed by atoms with van der Waals surface area (Å²) in [6.07, 6.45) is 0.364. The standard InChI is InChI=1S/C16H20ClN3O2/c1-2-20-15(21)11-14(16(20)22)19-9-7-18(8-10-19)13-5-3-12(17)4-6-13/h3-6,14H,2,7-11H2,1H3/p+1/t14-/m1/s1. The minimum Gasteiger partial charge on any atom is -0.360 e. The van der Waals surface area contributed by atoms with Gasteiger partial charge in [-0.2, -0.15) is 0 Å². The van der Waals surface area contributed by atoms with Crippen LogP contribution in [0.3, 0.4) is 0 Å². The van der Waals surface area contributed by atoms with Crippen molar-refractivity contribution in [2.75, 3.05) is 37.6 Å². The van der Waals surface area contributed by atoms with Crippen LogP contribution in [0.2, 0.25) is 5.02 Å². The van der Waals surface area contributed by atoms with E-state index in [1.54, 1.807) is 0 Å². The Bertz CT molecular complexity index is 567. The van der Waals surface area contributed by atoms with E-state index in [0.29, 0.717) is 13.0 Å². The maximum atomic E-state index is 12.3. The number of rotatable bonds is 3. The van der Waals surface area contributed by atoms with E-state index >= 15 is 0 Å². The molecule has 0 aromatic heterocycles. The monoisotopic (exact) mass is 322 g/mol. The van der Waals surface area contributed by atoms with Gasteiger partial charge in [-0.1, -0.05) is 11.6 Å². The van der Waals surface area contributed by atoms with Gasteiger partial charge in [-0.25, -0.2) is 0 Å². The molecule has 1 N–H and O–H groups in total. The molecule has 0 unspecified atom stereocenters. The molecule has 0 aliphatic carbocycles. The number of anilines is 1. The number of amides is 2. The number of nitrogens with one attached hydrogen (secondary N) is 1. The molecular weight excluding hydrogens is 302 g/mol. The van der Waals surface area contributed by atoms with Crippen LogP contribution in [0.4, 0.5) is 5.69 Å². The first-order valence-electron chi connectivity index (χ1n) is 7.79. The lowest BCUT2D eigenvalue weighted by atomic mass is 10.1. The number of hydrogen-bond acceptors (Lipinski definition) is 3. The predicted molar refractivity (Wildman–Crippen MR) is 85.2 cm³/mol. The molecule has 5 nitrogen and oxygen atoms in total. The van der Waals surface area contributed by atoms with Crippen LogP contribution >= 0.6 is 11.6 Å². The number of imide groups is 1. The second kappa shape index (κ2) is 6.26. The number of quaternary nitrogens is 1. The number of piperazine rings is 1. The minimum atomic E-state index is -0.181. The average Bonchev–Trinajstić information content (AvgIpc) is 2.82. The highest BCUT2D eigenvalue weighted by Gasteiger charge is 2.44. The van der Waals surface area contributed by atoms with E-state index in [1.165, 1.54) is 9.80 Å². The van der Waals surface area contributed by atoms with Gasteiger partial charge in [-0.3, -0.25) is 14.5 Å². The Morgan fingerprint density at radius 2 is 1.82 bits per heavy atom. The van der Waals surface area contributed by atoms with Gasteiger partial charge < -0.3 is 9.80 Å². The first kappa shape index (κ1) is 15.3. The number of likely N-dealkylation sites (tertiary alicyclic amines) is 1. The summed E-state index contributed by atoms with van der Waals surface area (Å²) in [4.78, 5) is 29.1. The van der Waals surface area contributed by atoms with Gasteiger partial charge in [0.2, 0.25) is 5.91 Å². The van der Waals surface area contributed by atoms with Crippen molar-refractivity contribution in [2.24, 2.45) is 0 Å². The van der Waals surface area contributed by atoms with Crippen molar-refractivity contribution in [3.63, 3.8) is 0 Å². The average molecular weight is 323 g/mol. The molecule has 0 radical (unpaired) electrons. The van der Waals surface area contributed by atoms with Gasteiger partial charge in [0.15, 0.2) is 6.04 Å². The third-order valence-corrected chi connectivity index (χ3v) is 4.90. The molecule has 2 saturated heterocycles.